The average Bonchev–Trinajstić information content (AvgIpc) is 2.60. The summed E-state index contributed by atoms with van der Waals surface area (Å²) in [5, 5.41) is 2.96. The smallest absolute Gasteiger partial charge is 0.220 e. The van der Waals surface area contributed by atoms with E-state index in [-0.39, 0.29) is 5.91 Å². The van der Waals surface area contributed by atoms with Crippen LogP contribution in [0.15, 0.2) is 48.5 Å². The molecule has 25 heavy (non-hydrogen) atoms. The zero-order valence-electron chi connectivity index (χ0n) is 15.1. The van der Waals surface area contributed by atoms with Gasteiger partial charge in [-0.1, -0.05) is 44.2 Å². The highest BCUT2D eigenvalue weighted by molar-refractivity contribution is 5.76. The van der Waals surface area contributed by atoms with Gasteiger partial charge in [0, 0.05) is 18.7 Å². The van der Waals surface area contributed by atoms with Crippen molar-refractivity contribution < 1.29 is 9.53 Å². The van der Waals surface area contributed by atoms with Crippen molar-refractivity contribution in [2.75, 3.05) is 18.9 Å². The van der Waals surface area contributed by atoms with Gasteiger partial charge < -0.3 is 15.8 Å². The van der Waals surface area contributed by atoms with Crippen LogP contribution in [0.1, 0.15) is 31.4 Å². The SMILES string of the molecule is CC(C)COc1ccc(CCNC(=O)CCc2ccccc2N)cc1. The minimum absolute atomic E-state index is 0.0557. The van der Waals surface area contributed by atoms with Gasteiger partial charge in [-0.15, -0.1) is 0 Å². The van der Waals surface area contributed by atoms with Gasteiger partial charge in [0.25, 0.3) is 0 Å². The van der Waals surface area contributed by atoms with Gasteiger partial charge in [0.1, 0.15) is 5.75 Å². The molecule has 3 N–H and O–H groups in total. The number of benzene rings is 2. The largest absolute Gasteiger partial charge is 0.493 e. The van der Waals surface area contributed by atoms with Crippen LogP contribution < -0.4 is 15.8 Å². The van der Waals surface area contributed by atoms with E-state index in [9.17, 15) is 4.79 Å². The quantitative estimate of drug-likeness (QED) is 0.686. The Morgan fingerprint density at radius 2 is 1.80 bits per heavy atom. The summed E-state index contributed by atoms with van der Waals surface area (Å²) in [5.74, 6) is 1.46. The lowest BCUT2D eigenvalue weighted by Gasteiger charge is -2.10. The number of nitrogens with two attached hydrogens (primary N) is 1. The Morgan fingerprint density at radius 1 is 1.08 bits per heavy atom. The van der Waals surface area contributed by atoms with Crippen molar-refractivity contribution in [1.82, 2.24) is 5.32 Å². The van der Waals surface area contributed by atoms with E-state index in [1.165, 1.54) is 5.56 Å². The summed E-state index contributed by atoms with van der Waals surface area (Å²) >= 11 is 0. The van der Waals surface area contributed by atoms with Gasteiger partial charge in [-0.3, -0.25) is 4.79 Å². The summed E-state index contributed by atoms with van der Waals surface area (Å²) in [7, 11) is 0. The number of ether oxygens (including phenoxy) is 1. The van der Waals surface area contributed by atoms with Crippen molar-refractivity contribution in [1.29, 1.82) is 0 Å². The molecule has 0 spiro atoms. The third kappa shape index (κ3) is 6.87. The Bertz CT molecular complexity index is 666. The number of nitrogen functional groups attached to an aromatic ring is 1. The Morgan fingerprint density at radius 3 is 2.48 bits per heavy atom. The van der Waals surface area contributed by atoms with Gasteiger partial charge >= 0.3 is 0 Å². The van der Waals surface area contributed by atoms with Crippen LogP contribution >= 0.6 is 0 Å². The fourth-order valence-electron chi connectivity index (χ4n) is 2.46. The Labute approximate surface area is 150 Å². The van der Waals surface area contributed by atoms with E-state index in [2.05, 4.69) is 19.2 Å². The van der Waals surface area contributed by atoms with Gasteiger partial charge in [0.2, 0.25) is 5.91 Å². The predicted molar refractivity (Wildman–Crippen MR) is 103 cm³/mol. The number of rotatable bonds is 9. The van der Waals surface area contributed by atoms with Crippen LogP contribution in [0.2, 0.25) is 0 Å². The highest BCUT2D eigenvalue weighted by Gasteiger charge is 2.04. The first kappa shape index (κ1) is 18.8. The maximum absolute atomic E-state index is 11.9. The molecule has 0 aliphatic rings. The average molecular weight is 340 g/mol. The minimum atomic E-state index is 0.0557. The highest BCUT2D eigenvalue weighted by atomic mass is 16.5. The van der Waals surface area contributed by atoms with Crippen LogP contribution in [0, 0.1) is 5.92 Å². The monoisotopic (exact) mass is 340 g/mol. The van der Waals surface area contributed by atoms with Gasteiger partial charge in [-0.05, 0) is 48.1 Å². The normalized spacial score (nSPS) is 10.7. The first-order chi connectivity index (χ1) is 12.0. The molecule has 0 radical (unpaired) electrons. The molecule has 0 aliphatic carbocycles. The maximum atomic E-state index is 11.9. The van der Waals surface area contributed by atoms with E-state index >= 15 is 0 Å². The topological polar surface area (TPSA) is 64.3 Å². The minimum Gasteiger partial charge on any atom is -0.493 e. The molecule has 0 heterocycles. The van der Waals surface area contributed by atoms with E-state index < -0.39 is 0 Å². The summed E-state index contributed by atoms with van der Waals surface area (Å²) in [5.41, 5.74) is 8.84. The molecule has 0 unspecified atom stereocenters. The second-order valence-electron chi connectivity index (χ2n) is 6.65. The van der Waals surface area contributed by atoms with Crippen molar-refractivity contribution in [2.24, 2.45) is 5.92 Å². The molecule has 0 aromatic heterocycles. The van der Waals surface area contributed by atoms with Crippen LogP contribution in [-0.4, -0.2) is 19.1 Å². The maximum Gasteiger partial charge on any atom is 0.220 e. The van der Waals surface area contributed by atoms with Crippen LogP contribution in [0.3, 0.4) is 0 Å². The lowest BCUT2D eigenvalue weighted by molar-refractivity contribution is -0.121. The molecule has 0 aliphatic heterocycles. The Kier molecular flexibility index (Phi) is 7.33. The first-order valence-electron chi connectivity index (χ1n) is 8.86. The number of para-hydroxylation sites is 1. The van der Waals surface area contributed by atoms with Crippen molar-refractivity contribution in [3.05, 3.63) is 59.7 Å². The number of aryl methyl sites for hydroxylation is 1. The lowest BCUT2D eigenvalue weighted by Crippen LogP contribution is -2.25. The fraction of sp³-hybridized carbons (Fsp3) is 0.381. The zero-order chi connectivity index (χ0) is 18.1. The molecule has 0 bridgehead atoms. The molecule has 4 nitrogen and oxygen atoms in total. The Hall–Kier alpha value is -2.49. The van der Waals surface area contributed by atoms with E-state index in [4.69, 9.17) is 10.5 Å². The fourth-order valence-corrected chi connectivity index (χ4v) is 2.46. The van der Waals surface area contributed by atoms with Crippen LogP contribution in [0.25, 0.3) is 0 Å². The van der Waals surface area contributed by atoms with Crippen molar-refractivity contribution in [2.45, 2.75) is 33.1 Å². The number of hydrogen-bond donors (Lipinski definition) is 2. The lowest BCUT2D eigenvalue weighted by atomic mass is 10.1. The van der Waals surface area contributed by atoms with Gasteiger partial charge in [-0.2, -0.15) is 0 Å². The molecular weight excluding hydrogens is 312 g/mol. The summed E-state index contributed by atoms with van der Waals surface area (Å²) in [6, 6.07) is 15.7. The summed E-state index contributed by atoms with van der Waals surface area (Å²) < 4.78 is 5.67. The number of amides is 1. The van der Waals surface area contributed by atoms with E-state index in [0.29, 0.717) is 25.3 Å². The van der Waals surface area contributed by atoms with Gasteiger partial charge in [-0.25, -0.2) is 0 Å². The molecular formula is C21H28N2O2. The molecule has 0 saturated heterocycles. The molecule has 134 valence electrons. The van der Waals surface area contributed by atoms with Crippen molar-refractivity contribution in [3.8, 4) is 5.75 Å². The van der Waals surface area contributed by atoms with Crippen LogP contribution in [0.4, 0.5) is 5.69 Å². The second-order valence-corrected chi connectivity index (χ2v) is 6.65. The van der Waals surface area contributed by atoms with E-state index in [1.807, 2.05) is 48.5 Å². The summed E-state index contributed by atoms with van der Waals surface area (Å²) in [6.07, 6.45) is 1.93. The molecule has 2 rings (SSSR count). The van der Waals surface area contributed by atoms with Crippen molar-refractivity contribution in [3.63, 3.8) is 0 Å². The van der Waals surface area contributed by atoms with Gasteiger partial charge in [0.05, 0.1) is 6.61 Å². The molecule has 0 fully saturated rings. The summed E-state index contributed by atoms with van der Waals surface area (Å²) in [4.78, 5) is 11.9. The molecule has 0 atom stereocenters. The van der Waals surface area contributed by atoms with Crippen molar-refractivity contribution >= 4 is 11.6 Å². The number of hydrogen-bond acceptors (Lipinski definition) is 3. The van der Waals surface area contributed by atoms with E-state index in [1.54, 1.807) is 0 Å². The molecule has 1 amide bonds. The second kappa shape index (κ2) is 9.72. The molecule has 2 aromatic rings. The molecule has 4 heteroatoms. The third-order valence-corrected chi connectivity index (χ3v) is 3.92. The predicted octanol–water partition coefficient (Wildman–Crippen LogP) is 3.60. The molecule has 2 aromatic carbocycles. The Balaban J connectivity index is 1.68. The van der Waals surface area contributed by atoms with E-state index in [0.717, 1.165) is 30.0 Å². The first-order valence-corrected chi connectivity index (χ1v) is 8.86. The summed E-state index contributed by atoms with van der Waals surface area (Å²) in [6.45, 7) is 5.61. The molecule has 0 saturated carbocycles. The number of nitrogens with one attached hydrogen (secondary N) is 1. The standard InChI is InChI=1S/C21H28N2O2/c1-16(2)15-25-19-10-7-17(8-11-19)13-14-23-21(24)12-9-18-5-3-4-6-20(18)22/h3-8,10-11,16H,9,12-15,22H2,1-2H3,(H,23,24). The number of carbonyl (C=O) groups excluding carboxylic acids is 1. The highest BCUT2D eigenvalue weighted by Crippen LogP contribution is 2.14. The third-order valence-electron chi connectivity index (χ3n) is 3.92. The zero-order valence-corrected chi connectivity index (χ0v) is 15.1. The van der Waals surface area contributed by atoms with Crippen LogP contribution in [0.5, 0.6) is 5.75 Å². The van der Waals surface area contributed by atoms with Crippen LogP contribution in [-0.2, 0) is 17.6 Å². The van der Waals surface area contributed by atoms with Gasteiger partial charge in [0.15, 0.2) is 0 Å². The number of carbonyl (C=O) groups is 1. The number of anilines is 1.